The van der Waals surface area contributed by atoms with Crippen LogP contribution in [0.25, 0.3) is 0 Å². The summed E-state index contributed by atoms with van der Waals surface area (Å²) in [6.45, 7) is 2.15. The van der Waals surface area contributed by atoms with Gasteiger partial charge in [0, 0.05) is 0 Å². The average molecular weight is 400 g/mol. The van der Waals surface area contributed by atoms with Gasteiger partial charge in [-0.15, -0.1) is 0 Å². The van der Waals surface area contributed by atoms with E-state index in [0.29, 0.717) is 17.7 Å². The minimum atomic E-state index is -4.69. The maximum absolute atomic E-state index is 12.6. The van der Waals surface area contributed by atoms with Gasteiger partial charge in [-0.2, -0.15) is 8.42 Å². The molecule has 0 fully saturated rings. The number of hydrogen-bond acceptors (Lipinski definition) is 4. The van der Waals surface area contributed by atoms with Crippen LogP contribution in [0.2, 0.25) is 0 Å². The smallest absolute Gasteiger partial charge is 0.871 e. The van der Waals surface area contributed by atoms with Crippen molar-refractivity contribution in [3.05, 3.63) is 48.0 Å². The van der Waals surface area contributed by atoms with E-state index >= 15 is 0 Å². The molecule has 2 aromatic rings. The summed E-state index contributed by atoms with van der Waals surface area (Å²) in [6.07, 6.45) is 6.92. The van der Waals surface area contributed by atoms with E-state index in [0.717, 1.165) is 19.3 Å². The van der Waals surface area contributed by atoms with Gasteiger partial charge in [0.2, 0.25) is 0 Å². The molecule has 0 spiro atoms. The van der Waals surface area contributed by atoms with E-state index in [1.807, 2.05) is 0 Å². The molecule has 0 aliphatic rings. The quantitative estimate of drug-likeness (QED) is 0.373. The van der Waals surface area contributed by atoms with E-state index < -0.39 is 20.8 Å². The molecule has 2 rings (SSSR count). The Balaban J connectivity index is 0.00000364. The fourth-order valence-electron chi connectivity index (χ4n) is 2.82. The van der Waals surface area contributed by atoms with Crippen molar-refractivity contribution in [2.75, 3.05) is 0 Å². The van der Waals surface area contributed by atoms with Gasteiger partial charge in [0.15, 0.2) is 0 Å². The first-order chi connectivity index (χ1) is 12.4. The molecular formula is C20H25NaO5S. The zero-order valence-corrected chi connectivity index (χ0v) is 18.8. The molecular weight excluding hydrogens is 375 g/mol. The van der Waals surface area contributed by atoms with Crippen LogP contribution in [0, 0.1) is 0 Å². The van der Waals surface area contributed by atoms with Crippen molar-refractivity contribution >= 4 is 10.1 Å². The Bertz CT molecular complexity index is 807. The van der Waals surface area contributed by atoms with E-state index in [1.165, 1.54) is 25.3 Å². The monoisotopic (exact) mass is 400 g/mol. The van der Waals surface area contributed by atoms with Crippen molar-refractivity contribution < 1.29 is 52.4 Å². The van der Waals surface area contributed by atoms with Crippen molar-refractivity contribution in [3.63, 3.8) is 0 Å². The minimum absolute atomic E-state index is 0. The number of rotatable bonds is 10. The Kier molecular flexibility index (Phi) is 10.4. The number of unbranched alkanes of at least 4 members (excludes halogenated alkanes) is 5. The van der Waals surface area contributed by atoms with Crippen LogP contribution in [-0.2, 0) is 16.5 Å². The molecule has 5 nitrogen and oxygen atoms in total. The fraction of sp³-hybridized carbons (Fsp3) is 0.400. The topological polar surface area (TPSA) is 86.7 Å². The van der Waals surface area contributed by atoms with Crippen molar-refractivity contribution in [3.8, 4) is 17.2 Å². The standard InChI is InChI=1S/C20H26O5S.Na/c1-2-3-4-5-6-8-11-16-14-15-18(20(19(16)21)26(22,23)24)25-17-12-9-7-10-13-17;/h7,9-10,12-15,21H,2-6,8,11H2,1H3,(H,22,23,24);/q;+1/p-1. The van der Waals surface area contributed by atoms with E-state index in [1.54, 1.807) is 36.4 Å². The van der Waals surface area contributed by atoms with E-state index in [4.69, 9.17) is 4.74 Å². The molecule has 0 aliphatic heterocycles. The molecule has 27 heavy (non-hydrogen) atoms. The molecule has 0 saturated heterocycles. The summed E-state index contributed by atoms with van der Waals surface area (Å²) in [7, 11) is -4.69. The van der Waals surface area contributed by atoms with E-state index in [9.17, 15) is 18.1 Å². The second-order valence-electron chi connectivity index (χ2n) is 6.29. The SMILES string of the molecule is CCCCCCCCc1ccc(Oc2ccccc2)c(S(=O)(=O)O)c1[O-].[Na+]. The first-order valence-electron chi connectivity index (χ1n) is 8.96. The molecule has 0 saturated carbocycles. The predicted octanol–water partition coefficient (Wildman–Crippen LogP) is 1.71. The first-order valence-corrected chi connectivity index (χ1v) is 10.4. The van der Waals surface area contributed by atoms with Crippen LogP contribution >= 0.6 is 0 Å². The molecule has 142 valence electrons. The molecule has 0 amide bonds. The van der Waals surface area contributed by atoms with Crippen LogP contribution in [0.3, 0.4) is 0 Å². The maximum atomic E-state index is 12.6. The summed E-state index contributed by atoms with van der Waals surface area (Å²) in [5.74, 6) is -0.453. The number of benzene rings is 2. The Labute approximate surface area is 183 Å². The Morgan fingerprint density at radius 1 is 0.963 bits per heavy atom. The summed E-state index contributed by atoms with van der Waals surface area (Å²) in [5, 5.41) is 12.6. The molecule has 1 N–H and O–H groups in total. The van der Waals surface area contributed by atoms with Crippen molar-refractivity contribution in [1.82, 2.24) is 0 Å². The summed E-state index contributed by atoms with van der Waals surface area (Å²) >= 11 is 0. The molecule has 0 radical (unpaired) electrons. The number of aryl methyl sites for hydroxylation is 1. The second-order valence-corrected chi connectivity index (χ2v) is 7.65. The van der Waals surface area contributed by atoms with Gasteiger partial charge >= 0.3 is 29.6 Å². The first kappa shape index (κ1) is 24.0. The summed E-state index contributed by atoms with van der Waals surface area (Å²) < 4.78 is 38.5. The second kappa shape index (κ2) is 11.7. The van der Waals surface area contributed by atoms with Crippen molar-refractivity contribution in [2.45, 2.75) is 56.8 Å². The van der Waals surface area contributed by atoms with E-state index in [-0.39, 0.29) is 35.3 Å². The molecule has 0 heterocycles. The Hall–Kier alpha value is -1.05. The average Bonchev–Trinajstić information content (AvgIpc) is 2.59. The zero-order chi connectivity index (χ0) is 19.0. The van der Waals surface area contributed by atoms with Gasteiger partial charge in [0.1, 0.15) is 16.4 Å². The maximum Gasteiger partial charge on any atom is 1.00 e. The molecule has 0 aromatic heterocycles. The summed E-state index contributed by atoms with van der Waals surface area (Å²) in [6, 6.07) is 11.6. The van der Waals surface area contributed by atoms with Crippen LogP contribution < -0.4 is 39.4 Å². The molecule has 0 unspecified atom stereocenters. The van der Waals surface area contributed by atoms with Crippen LogP contribution in [0.4, 0.5) is 0 Å². The number of hydrogen-bond donors (Lipinski definition) is 1. The summed E-state index contributed by atoms with van der Waals surface area (Å²) in [4.78, 5) is -0.690. The van der Waals surface area contributed by atoms with Crippen molar-refractivity contribution in [2.24, 2.45) is 0 Å². The minimum Gasteiger partial charge on any atom is -0.871 e. The Morgan fingerprint density at radius 3 is 2.22 bits per heavy atom. The normalized spacial score (nSPS) is 11.0. The van der Waals surface area contributed by atoms with Crippen LogP contribution in [-0.4, -0.2) is 13.0 Å². The Morgan fingerprint density at radius 2 is 1.59 bits per heavy atom. The number of ether oxygens (including phenoxy) is 1. The van der Waals surface area contributed by atoms with Gasteiger partial charge in [-0.1, -0.05) is 74.6 Å². The van der Waals surface area contributed by atoms with Gasteiger partial charge < -0.3 is 9.84 Å². The third kappa shape index (κ3) is 7.47. The largest absolute Gasteiger partial charge is 1.00 e. The molecule has 0 bridgehead atoms. The molecule has 2 aromatic carbocycles. The van der Waals surface area contributed by atoms with Gasteiger partial charge in [-0.3, -0.25) is 4.55 Å². The fourth-order valence-corrected chi connectivity index (χ4v) is 3.55. The van der Waals surface area contributed by atoms with Gasteiger partial charge in [0.25, 0.3) is 10.1 Å². The zero-order valence-electron chi connectivity index (χ0n) is 16.0. The third-order valence-electron chi connectivity index (χ3n) is 4.19. The van der Waals surface area contributed by atoms with Crippen LogP contribution in [0.5, 0.6) is 17.2 Å². The predicted molar refractivity (Wildman–Crippen MR) is 99.3 cm³/mol. The van der Waals surface area contributed by atoms with Crippen LogP contribution in [0.1, 0.15) is 51.0 Å². The van der Waals surface area contributed by atoms with Crippen molar-refractivity contribution in [1.29, 1.82) is 0 Å². The molecule has 0 atom stereocenters. The van der Waals surface area contributed by atoms with Gasteiger partial charge in [-0.25, -0.2) is 0 Å². The van der Waals surface area contributed by atoms with Gasteiger partial charge in [-0.05, 0) is 31.0 Å². The molecule has 0 aliphatic carbocycles. The third-order valence-corrected chi connectivity index (χ3v) is 5.09. The van der Waals surface area contributed by atoms with Crippen LogP contribution in [0.15, 0.2) is 47.4 Å². The number of para-hydroxylation sites is 1. The summed E-state index contributed by atoms with van der Waals surface area (Å²) in [5.41, 5.74) is 0.383. The molecule has 7 heteroatoms. The van der Waals surface area contributed by atoms with Gasteiger partial charge in [0.05, 0.1) is 0 Å². The van der Waals surface area contributed by atoms with E-state index in [2.05, 4.69) is 6.92 Å².